The first kappa shape index (κ1) is 22.3. The van der Waals surface area contributed by atoms with Crippen molar-refractivity contribution in [1.82, 2.24) is 10.2 Å². The smallest absolute Gasteiger partial charge is 0.261 e. The number of methoxy groups -OCH3 is 1. The van der Waals surface area contributed by atoms with E-state index < -0.39 is 6.04 Å². The summed E-state index contributed by atoms with van der Waals surface area (Å²) in [6.45, 7) is 4.56. The fourth-order valence-electron chi connectivity index (χ4n) is 2.86. The molecule has 0 fully saturated rings. The van der Waals surface area contributed by atoms with Crippen molar-refractivity contribution in [2.24, 2.45) is 0 Å². The monoisotopic (exact) mass is 398 g/mol. The Balaban J connectivity index is 2.10. The van der Waals surface area contributed by atoms with Gasteiger partial charge < -0.3 is 19.7 Å². The summed E-state index contributed by atoms with van der Waals surface area (Å²) in [7, 11) is 1.55. The Hall–Kier alpha value is -3.02. The van der Waals surface area contributed by atoms with Gasteiger partial charge in [0.1, 0.15) is 6.04 Å². The molecule has 0 saturated heterocycles. The zero-order chi connectivity index (χ0) is 21.1. The van der Waals surface area contributed by atoms with Crippen molar-refractivity contribution in [3.05, 3.63) is 60.2 Å². The van der Waals surface area contributed by atoms with Gasteiger partial charge in [0.25, 0.3) is 5.91 Å². The predicted octanol–water partition coefficient (Wildman–Crippen LogP) is 3.41. The lowest BCUT2D eigenvalue weighted by atomic mass is 10.1. The molecule has 6 heteroatoms. The molecule has 0 radical (unpaired) electrons. The van der Waals surface area contributed by atoms with Crippen molar-refractivity contribution in [3.8, 4) is 11.5 Å². The van der Waals surface area contributed by atoms with Gasteiger partial charge in [-0.3, -0.25) is 9.59 Å². The lowest BCUT2D eigenvalue weighted by molar-refractivity contribution is -0.142. The van der Waals surface area contributed by atoms with Crippen molar-refractivity contribution < 1.29 is 19.1 Å². The summed E-state index contributed by atoms with van der Waals surface area (Å²) in [6, 6.07) is 16.2. The number of hydrogen-bond acceptors (Lipinski definition) is 4. The number of carbonyl (C=O) groups excluding carboxylic acids is 2. The number of hydrogen-bond donors (Lipinski definition) is 1. The number of unbranched alkanes of at least 4 members (excludes halogenated alkanes) is 1. The van der Waals surface area contributed by atoms with Crippen LogP contribution >= 0.6 is 0 Å². The van der Waals surface area contributed by atoms with Crippen LogP contribution in [-0.4, -0.2) is 43.0 Å². The van der Waals surface area contributed by atoms with E-state index in [0.717, 1.165) is 18.4 Å². The van der Waals surface area contributed by atoms with E-state index in [1.807, 2.05) is 42.5 Å². The van der Waals surface area contributed by atoms with Gasteiger partial charge in [0, 0.05) is 13.1 Å². The number of nitrogens with one attached hydrogen (secondary N) is 1. The molecule has 0 aliphatic heterocycles. The van der Waals surface area contributed by atoms with E-state index in [1.54, 1.807) is 31.1 Å². The highest BCUT2D eigenvalue weighted by molar-refractivity contribution is 5.88. The molecular weight excluding hydrogens is 368 g/mol. The van der Waals surface area contributed by atoms with E-state index in [-0.39, 0.29) is 18.4 Å². The van der Waals surface area contributed by atoms with E-state index in [9.17, 15) is 9.59 Å². The van der Waals surface area contributed by atoms with Gasteiger partial charge in [-0.2, -0.15) is 0 Å². The van der Waals surface area contributed by atoms with Crippen LogP contribution in [0.25, 0.3) is 0 Å². The Labute approximate surface area is 172 Å². The van der Waals surface area contributed by atoms with Crippen molar-refractivity contribution in [1.29, 1.82) is 0 Å². The first-order valence-corrected chi connectivity index (χ1v) is 9.93. The molecule has 1 N–H and O–H groups in total. The van der Waals surface area contributed by atoms with Gasteiger partial charge in [-0.15, -0.1) is 0 Å². The highest BCUT2D eigenvalue weighted by Gasteiger charge is 2.26. The molecule has 0 saturated carbocycles. The van der Waals surface area contributed by atoms with Crippen LogP contribution in [0.3, 0.4) is 0 Å². The minimum atomic E-state index is -0.610. The average molecular weight is 399 g/mol. The second-order valence-corrected chi connectivity index (χ2v) is 6.77. The molecule has 2 rings (SSSR count). The van der Waals surface area contributed by atoms with Gasteiger partial charge in [0.05, 0.1) is 7.11 Å². The van der Waals surface area contributed by atoms with Crippen LogP contribution in [-0.2, 0) is 16.1 Å². The summed E-state index contributed by atoms with van der Waals surface area (Å²) in [5.74, 6) is 0.612. The first-order valence-electron chi connectivity index (χ1n) is 9.93. The Morgan fingerprint density at radius 2 is 1.69 bits per heavy atom. The summed E-state index contributed by atoms with van der Waals surface area (Å²) in [5.41, 5.74) is 0.950. The van der Waals surface area contributed by atoms with Crippen LogP contribution in [0.15, 0.2) is 54.6 Å². The van der Waals surface area contributed by atoms with E-state index in [0.29, 0.717) is 24.6 Å². The molecule has 1 unspecified atom stereocenters. The van der Waals surface area contributed by atoms with Gasteiger partial charge in [0.15, 0.2) is 18.1 Å². The Bertz CT molecular complexity index is 779. The molecule has 0 aliphatic rings. The van der Waals surface area contributed by atoms with Gasteiger partial charge in [0.2, 0.25) is 5.91 Å². The molecule has 0 spiro atoms. The topological polar surface area (TPSA) is 67.9 Å². The maximum absolute atomic E-state index is 13.0. The van der Waals surface area contributed by atoms with Crippen LogP contribution in [0.1, 0.15) is 32.3 Å². The summed E-state index contributed by atoms with van der Waals surface area (Å²) in [5, 5.41) is 2.90. The molecule has 156 valence electrons. The molecule has 0 aliphatic carbocycles. The summed E-state index contributed by atoms with van der Waals surface area (Å²) in [6.07, 6.45) is 1.90. The minimum absolute atomic E-state index is 0.167. The van der Waals surface area contributed by atoms with E-state index in [4.69, 9.17) is 9.47 Å². The lowest BCUT2D eigenvalue weighted by Gasteiger charge is -2.28. The lowest BCUT2D eigenvalue weighted by Crippen LogP contribution is -2.49. The third-order valence-corrected chi connectivity index (χ3v) is 4.61. The number of carbonyl (C=O) groups is 2. The van der Waals surface area contributed by atoms with E-state index >= 15 is 0 Å². The minimum Gasteiger partial charge on any atom is -0.493 e. The zero-order valence-corrected chi connectivity index (χ0v) is 17.4. The Morgan fingerprint density at radius 1 is 1.03 bits per heavy atom. The Kier molecular flexibility index (Phi) is 9.02. The average Bonchev–Trinajstić information content (AvgIpc) is 2.76. The molecular formula is C23H30N2O4. The number of benzene rings is 2. The molecule has 2 aromatic rings. The highest BCUT2D eigenvalue weighted by atomic mass is 16.5. The van der Waals surface area contributed by atoms with E-state index in [1.165, 1.54) is 0 Å². The molecule has 2 aromatic carbocycles. The van der Waals surface area contributed by atoms with Crippen LogP contribution in [0, 0.1) is 0 Å². The number of ether oxygens (including phenoxy) is 2. The molecule has 1 atom stereocenters. The van der Waals surface area contributed by atoms with Gasteiger partial charge in [-0.05, 0) is 31.0 Å². The quantitative estimate of drug-likeness (QED) is 0.589. The number of amides is 2. The standard InChI is InChI=1S/C23H30N2O4/c1-4-5-15-24-23(27)18(2)25(16-19-11-7-6-8-12-19)22(26)17-29-21-14-10-9-13-20(21)28-3/h6-14,18H,4-5,15-17H2,1-3H3,(H,24,27). The third-order valence-electron chi connectivity index (χ3n) is 4.61. The second-order valence-electron chi connectivity index (χ2n) is 6.77. The summed E-state index contributed by atoms with van der Waals surface area (Å²) >= 11 is 0. The second kappa shape index (κ2) is 11.7. The van der Waals surface area contributed by atoms with Crippen molar-refractivity contribution in [2.75, 3.05) is 20.3 Å². The number of rotatable bonds is 11. The normalized spacial score (nSPS) is 11.4. The third kappa shape index (κ3) is 6.82. The maximum Gasteiger partial charge on any atom is 0.261 e. The van der Waals surface area contributed by atoms with Gasteiger partial charge in [-0.1, -0.05) is 55.8 Å². The molecule has 29 heavy (non-hydrogen) atoms. The largest absolute Gasteiger partial charge is 0.493 e. The summed E-state index contributed by atoms with van der Waals surface area (Å²) < 4.78 is 10.9. The predicted molar refractivity (Wildman–Crippen MR) is 113 cm³/mol. The SMILES string of the molecule is CCCCNC(=O)C(C)N(Cc1ccccc1)C(=O)COc1ccccc1OC. The van der Waals surface area contributed by atoms with Crippen molar-refractivity contribution in [3.63, 3.8) is 0 Å². The van der Waals surface area contributed by atoms with E-state index in [2.05, 4.69) is 12.2 Å². The summed E-state index contributed by atoms with van der Waals surface area (Å²) in [4.78, 5) is 27.1. The van der Waals surface area contributed by atoms with Crippen molar-refractivity contribution in [2.45, 2.75) is 39.3 Å². The van der Waals surface area contributed by atoms with Gasteiger partial charge >= 0.3 is 0 Å². The fourth-order valence-corrected chi connectivity index (χ4v) is 2.86. The van der Waals surface area contributed by atoms with Crippen LogP contribution < -0.4 is 14.8 Å². The Morgan fingerprint density at radius 3 is 2.34 bits per heavy atom. The highest BCUT2D eigenvalue weighted by Crippen LogP contribution is 2.25. The zero-order valence-electron chi connectivity index (χ0n) is 17.4. The van der Waals surface area contributed by atoms with Crippen molar-refractivity contribution >= 4 is 11.8 Å². The maximum atomic E-state index is 13.0. The molecule has 2 amide bonds. The molecule has 0 aromatic heterocycles. The van der Waals surface area contributed by atoms with Gasteiger partial charge in [-0.25, -0.2) is 0 Å². The molecule has 6 nitrogen and oxygen atoms in total. The fraction of sp³-hybridized carbons (Fsp3) is 0.391. The van der Waals surface area contributed by atoms with Crippen LogP contribution in [0.4, 0.5) is 0 Å². The van der Waals surface area contributed by atoms with Crippen LogP contribution in [0.5, 0.6) is 11.5 Å². The number of nitrogens with zero attached hydrogens (tertiary/aromatic N) is 1. The first-order chi connectivity index (χ1) is 14.1. The molecule has 0 heterocycles. The van der Waals surface area contributed by atoms with Crippen LogP contribution in [0.2, 0.25) is 0 Å². The number of para-hydroxylation sites is 2. The molecule has 0 bridgehead atoms.